The summed E-state index contributed by atoms with van der Waals surface area (Å²) in [4.78, 5) is 35.5. The van der Waals surface area contributed by atoms with E-state index in [4.69, 9.17) is 4.74 Å². The smallest absolute Gasteiger partial charge is 0.325 e. The van der Waals surface area contributed by atoms with E-state index in [1.54, 1.807) is 12.1 Å². The van der Waals surface area contributed by atoms with Crippen LogP contribution in [0.5, 0.6) is 0 Å². The van der Waals surface area contributed by atoms with Gasteiger partial charge in [0.15, 0.2) is 6.61 Å². The Hall–Kier alpha value is -3.22. The molecular formula is C21H23FN2O4. The fraction of sp³-hybridized carbons (Fsp3) is 0.286. The van der Waals surface area contributed by atoms with Gasteiger partial charge in [0.1, 0.15) is 12.4 Å². The predicted octanol–water partition coefficient (Wildman–Crippen LogP) is 3.03. The first-order valence-electron chi connectivity index (χ1n) is 8.75. The number of carbonyl (C=O) groups excluding carboxylic acids is 3. The van der Waals surface area contributed by atoms with Crippen molar-refractivity contribution >= 4 is 23.5 Å². The third kappa shape index (κ3) is 6.50. The Morgan fingerprint density at radius 1 is 1.04 bits per heavy atom. The zero-order chi connectivity index (χ0) is 20.7. The van der Waals surface area contributed by atoms with Gasteiger partial charge in [-0.05, 0) is 41.3 Å². The van der Waals surface area contributed by atoms with Gasteiger partial charge in [0, 0.05) is 11.3 Å². The number of carbonyl (C=O) groups is 3. The molecule has 28 heavy (non-hydrogen) atoms. The molecule has 0 saturated heterocycles. The molecule has 2 N–H and O–H groups in total. The maximum atomic E-state index is 13.1. The zero-order valence-corrected chi connectivity index (χ0v) is 16.0. The van der Waals surface area contributed by atoms with Crippen LogP contribution in [0.1, 0.15) is 36.7 Å². The van der Waals surface area contributed by atoms with Crippen molar-refractivity contribution in [2.45, 2.75) is 26.2 Å². The molecule has 0 saturated carbocycles. The Bertz CT molecular complexity index is 857. The summed E-state index contributed by atoms with van der Waals surface area (Å²) in [5, 5.41) is 4.85. The second-order valence-corrected chi connectivity index (χ2v) is 7.23. The van der Waals surface area contributed by atoms with Gasteiger partial charge in [-0.2, -0.15) is 0 Å². The number of rotatable bonds is 6. The van der Waals surface area contributed by atoms with Crippen LogP contribution in [-0.2, 0) is 19.7 Å². The second kappa shape index (κ2) is 9.12. The summed E-state index contributed by atoms with van der Waals surface area (Å²) in [5.41, 5.74) is 1.75. The quantitative estimate of drug-likeness (QED) is 0.748. The van der Waals surface area contributed by atoms with E-state index in [2.05, 4.69) is 31.4 Å². The van der Waals surface area contributed by atoms with Crippen LogP contribution in [0, 0.1) is 5.82 Å². The van der Waals surface area contributed by atoms with E-state index < -0.39 is 30.2 Å². The van der Waals surface area contributed by atoms with Crippen molar-refractivity contribution < 1.29 is 23.5 Å². The van der Waals surface area contributed by atoms with Crippen LogP contribution in [-0.4, -0.2) is 30.9 Å². The largest absolute Gasteiger partial charge is 0.454 e. The summed E-state index contributed by atoms with van der Waals surface area (Å²) in [5.74, 6) is -2.27. The second-order valence-electron chi connectivity index (χ2n) is 7.23. The summed E-state index contributed by atoms with van der Waals surface area (Å²) in [7, 11) is 0. The minimum absolute atomic E-state index is 0.0229. The highest BCUT2D eigenvalue weighted by atomic mass is 19.1. The first kappa shape index (κ1) is 21.1. The van der Waals surface area contributed by atoms with E-state index in [1.165, 1.54) is 18.2 Å². The Morgan fingerprint density at radius 3 is 2.32 bits per heavy atom. The Labute approximate surface area is 163 Å². The van der Waals surface area contributed by atoms with Crippen LogP contribution < -0.4 is 10.6 Å². The molecule has 2 amide bonds. The van der Waals surface area contributed by atoms with E-state index in [0.29, 0.717) is 5.56 Å². The molecule has 2 rings (SSSR count). The molecule has 0 radical (unpaired) electrons. The number of benzene rings is 2. The van der Waals surface area contributed by atoms with Crippen LogP contribution in [0.15, 0.2) is 48.5 Å². The van der Waals surface area contributed by atoms with Crippen molar-refractivity contribution in [3.8, 4) is 0 Å². The standard InChI is InChI=1S/C21H23FN2O4/c1-21(2,3)15-9-7-14(8-10-15)20(27)23-12-19(26)28-13-18(25)24-17-6-4-5-16(22)11-17/h4-11H,12-13H2,1-3H3,(H,23,27)(H,24,25). The molecule has 0 bridgehead atoms. The molecule has 2 aromatic carbocycles. The predicted molar refractivity (Wildman–Crippen MR) is 103 cm³/mol. The van der Waals surface area contributed by atoms with Crippen LogP contribution in [0.3, 0.4) is 0 Å². The summed E-state index contributed by atoms with van der Waals surface area (Å²) >= 11 is 0. The van der Waals surface area contributed by atoms with Gasteiger partial charge in [-0.3, -0.25) is 14.4 Å². The van der Waals surface area contributed by atoms with Gasteiger partial charge in [-0.1, -0.05) is 39.0 Å². The van der Waals surface area contributed by atoms with Crippen molar-refractivity contribution in [1.29, 1.82) is 0 Å². The lowest BCUT2D eigenvalue weighted by Gasteiger charge is -2.19. The molecule has 0 aromatic heterocycles. The highest BCUT2D eigenvalue weighted by molar-refractivity contribution is 5.96. The monoisotopic (exact) mass is 386 g/mol. The average molecular weight is 386 g/mol. The number of anilines is 1. The lowest BCUT2D eigenvalue weighted by atomic mass is 9.87. The van der Waals surface area contributed by atoms with Crippen molar-refractivity contribution in [1.82, 2.24) is 5.32 Å². The molecule has 0 aliphatic rings. The van der Waals surface area contributed by atoms with Crippen molar-refractivity contribution in [2.24, 2.45) is 0 Å². The number of nitrogens with one attached hydrogen (secondary N) is 2. The molecule has 148 valence electrons. The maximum absolute atomic E-state index is 13.1. The number of amides is 2. The highest BCUT2D eigenvalue weighted by Crippen LogP contribution is 2.22. The number of ether oxygens (including phenoxy) is 1. The van der Waals surface area contributed by atoms with Gasteiger partial charge in [0.05, 0.1) is 0 Å². The van der Waals surface area contributed by atoms with Crippen molar-refractivity contribution in [3.05, 3.63) is 65.5 Å². The van der Waals surface area contributed by atoms with E-state index in [0.717, 1.165) is 11.6 Å². The van der Waals surface area contributed by atoms with Gasteiger partial charge < -0.3 is 15.4 Å². The summed E-state index contributed by atoms with van der Waals surface area (Å²) in [6.07, 6.45) is 0. The number of hydrogen-bond acceptors (Lipinski definition) is 4. The lowest BCUT2D eigenvalue weighted by Crippen LogP contribution is -2.32. The van der Waals surface area contributed by atoms with Crippen molar-refractivity contribution in [3.63, 3.8) is 0 Å². The average Bonchev–Trinajstić information content (AvgIpc) is 2.64. The SMILES string of the molecule is CC(C)(C)c1ccc(C(=O)NCC(=O)OCC(=O)Nc2cccc(F)c2)cc1. The van der Waals surface area contributed by atoms with E-state index in [1.807, 2.05) is 12.1 Å². The molecule has 6 nitrogen and oxygen atoms in total. The summed E-state index contributed by atoms with van der Waals surface area (Å²) < 4.78 is 17.8. The first-order chi connectivity index (χ1) is 13.1. The maximum Gasteiger partial charge on any atom is 0.325 e. The summed E-state index contributed by atoms with van der Waals surface area (Å²) in [6.45, 7) is 5.31. The van der Waals surface area contributed by atoms with E-state index in [9.17, 15) is 18.8 Å². The molecule has 7 heteroatoms. The summed E-state index contributed by atoms with van der Waals surface area (Å²) in [6, 6.07) is 12.4. The third-order valence-electron chi connectivity index (χ3n) is 3.88. The van der Waals surface area contributed by atoms with Crippen molar-refractivity contribution in [2.75, 3.05) is 18.5 Å². The third-order valence-corrected chi connectivity index (χ3v) is 3.88. The molecular weight excluding hydrogens is 363 g/mol. The molecule has 0 heterocycles. The minimum atomic E-state index is -0.756. The van der Waals surface area contributed by atoms with Gasteiger partial charge in [-0.25, -0.2) is 4.39 Å². The molecule has 0 unspecified atom stereocenters. The van der Waals surface area contributed by atoms with Crippen LogP contribution in [0.2, 0.25) is 0 Å². The molecule has 0 atom stereocenters. The normalized spacial score (nSPS) is 10.9. The Balaban J connectivity index is 1.75. The fourth-order valence-corrected chi connectivity index (χ4v) is 2.34. The molecule has 0 fully saturated rings. The fourth-order valence-electron chi connectivity index (χ4n) is 2.34. The number of esters is 1. The molecule has 2 aromatic rings. The molecule has 0 aliphatic carbocycles. The lowest BCUT2D eigenvalue weighted by molar-refractivity contribution is -0.146. The van der Waals surface area contributed by atoms with Gasteiger partial charge in [0.2, 0.25) is 0 Å². The van der Waals surface area contributed by atoms with E-state index >= 15 is 0 Å². The molecule has 0 aliphatic heterocycles. The van der Waals surface area contributed by atoms with Gasteiger partial charge in [-0.15, -0.1) is 0 Å². The van der Waals surface area contributed by atoms with Crippen LogP contribution in [0.25, 0.3) is 0 Å². The van der Waals surface area contributed by atoms with Crippen LogP contribution >= 0.6 is 0 Å². The first-order valence-corrected chi connectivity index (χ1v) is 8.75. The zero-order valence-electron chi connectivity index (χ0n) is 16.0. The van der Waals surface area contributed by atoms with Gasteiger partial charge >= 0.3 is 5.97 Å². The highest BCUT2D eigenvalue weighted by Gasteiger charge is 2.15. The number of hydrogen-bond donors (Lipinski definition) is 2. The number of halogens is 1. The Morgan fingerprint density at radius 2 is 1.71 bits per heavy atom. The topological polar surface area (TPSA) is 84.5 Å². The Kier molecular flexibility index (Phi) is 6.87. The van der Waals surface area contributed by atoms with Gasteiger partial charge in [0.25, 0.3) is 11.8 Å². The minimum Gasteiger partial charge on any atom is -0.454 e. The molecule has 0 spiro atoms. The van der Waals surface area contributed by atoms with E-state index in [-0.39, 0.29) is 17.6 Å². The van der Waals surface area contributed by atoms with Crippen LogP contribution in [0.4, 0.5) is 10.1 Å².